The first kappa shape index (κ1) is 11.5. The van der Waals surface area contributed by atoms with Crippen LogP contribution in [0.3, 0.4) is 0 Å². The van der Waals surface area contributed by atoms with Crippen molar-refractivity contribution in [3.8, 4) is 0 Å². The molecule has 4 heteroatoms. The van der Waals surface area contributed by atoms with E-state index in [0.717, 1.165) is 41.5 Å². The fraction of sp³-hybridized carbons (Fsp3) is 0.250. The van der Waals surface area contributed by atoms with Crippen LogP contribution >= 0.6 is 0 Å². The van der Waals surface area contributed by atoms with Crippen LogP contribution in [0.5, 0.6) is 0 Å². The van der Waals surface area contributed by atoms with Gasteiger partial charge in [0.05, 0.1) is 18.3 Å². The molecule has 0 spiro atoms. The zero-order chi connectivity index (χ0) is 13.5. The van der Waals surface area contributed by atoms with Crippen LogP contribution in [0.4, 0.5) is 0 Å². The number of aromatic nitrogens is 2. The van der Waals surface area contributed by atoms with Gasteiger partial charge < -0.3 is 9.40 Å². The van der Waals surface area contributed by atoms with E-state index >= 15 is 0 Å². The molecule has 2 aromatic heterocycles. The number of nitrogens with one attached hydrogen (secondary N) is 1. The second-order valence-electron chi connectivity index (χ2n) is 5.30. The molecule has 0 amide bonds. The lowest BCUT2D eigenvalue weighted by Crippen LogP contribution is -2.22. The number of Topliss-reactive ketones (excluding diaryl/α,β-unsaturated/α-hetero) is 1. The molecule has 1 aliphatic rings. The van der Waals surface area contributed by atoms with Crippen LogP contribution in [0.25, 0.3) is 11.0 Å². The van der Waals surface area contributed by atoms with E-state index in [0.29, 0.717) is 0 Å². The second-order valence-corrected chi connectivity index (χ2v) is 5.30. The number of hydrogen-bond donors (Lipinski definition) is 1. The topological polar surface area (TPSA) is 58.9 Å². The fourth-order valence-corrected chi connectivity index (χ4v) is 2.98. The van der Waals surface area contributed by atoms with Gasteiger partial charge in [0, 0.05) is 29.0 Å². The van der Waals surface area contributed by atoms with E-state index < -0.39 is 0 Å². The molecule has 3 aromatic rings. The summed E-state index contributed by atoms with van der Waals surface area (Å²) >= 11 is 0. The molecule has 4 rings (SSSR count). The molecule has 4 nitrogen and oxygen atoms in total. The van der Waals surface area contributed by atoms with Gasteiger partial charge in [-0.3, -0.25) is 4.79 Å². The number of aromatic amines is 1. The highest BCUT2D eigenvalue weighted by atomic mass is 16.3. The third-order valence-corrected chi connectivity index (χ3v) is 4.10. The number of H-pyrrole nitrogens is 1. The highest BCUT2D eigenvalue weighted by Gasteiger charge is 2.27. The average molecular weight is 266 g/mol. The molecule has 0 aliphatic heterocycles. The normalized spacial score (nSPS) is 18.1. The van der Waals surface area contributed by atoms with Gasteiger partial charge in [-0.2, -0.15) is 0 Å². The smallest absolute Gasteiger partial charge is 0.166 e. The number of carbonyl (C=O) groups excluding carboxylic acids is 1. The number of aryl methyl sites for hydroxylation is 1. The summed E-state index contributed by atoms with van der Waals surface area (Å²) in [5.41, 5.74) is 3.81. The fourth-order valence-electron chi connectivity index (χ4n) is 2.98. The largest absolute Gasteiger partial charge is 0.464 e. The summed E-state index contributed by atoms with van der Waals surface area (Å²) in [5, 5.41) is 0.979. The second kappa shape index (κ2) is 4.34. The minimum Gasteiger partial charge on any atom is -0.464 e. The highest BCUT2D eigenvalue weighted by Crippen LogP contribution is 2.27. The predicted octanol–water partition coefficient (Wildman–Crippen LogP) is 3.14. The van der Waals surface area contributed by atoms with E-state index in [2.05, 4.69) is 9.97 Å². The molecule has 0 fully saturated rings. The molecule has 0 bridgehead atoms. The number of fused-ring (bicyclic) bond motifs is 2. The Hall–Kier alpha value is -2.36. The maximum Gasteiger partial charge on any atom is 0.166 e. The number of hydrogen-bond acceptors (Lipinski definition) is 3. The quantitative estimate of drug-likeness (QED) is 0.725. The molecule has 1 aliphatic carbocycles. The first-order valence-corrected chi connectivity index (χ1v) is 6.84. The van der Waals surface area contributed by atoms with Crippen molar-refractivity contribution in [1.29, 1.82) is 0 Å². The standard InChI is InChI=1S/C16H14N2O2/c19-16(11-2-4-15-10(7-11)5-6-20-15)12-1-3-13-14(8-12)18-9-17-13/h2,4-7,9,12H,1,3,8H2,(H,17,18). The van der Waals surface area contributed by atoms with Crippen molar-refractivity contribution in [2.75, 3.05) is 0 Å². The van der Waals surface area contributed by atoms with Crippen LogP contribution in [0.15, 0.2) is 41.3 Å². The van der Waals surface area contributed by atoms with Gasteiger partial charge in [-0.25, -0.2) is 4.98 Å². The zero-order valence-electron chi connectivity index (χ0n) is 10.9. The summed E-state index contributed by atoms with van der Waals surface area (Å²) in [6.45, 7) is 0. The number of rotatable bonds is 2. The molecule has 0 saturated heterocycles. The number of imidazole rings is 1. The molecule has 2 heterocycles. The van der Waals surface area contributed by atoms with Crippen LogP contribution in [0, 0.1) is 5.92 Å². The molecule has 20 heavy (non-hydrogen) atoms. The van der Waals surface area contributed by atoms with Gasteiger partial charge in [-0.1, -0.05) is 0 Å². The lowest BCUT2D eigenvalue weighted by Gasteiger charge is -2.20. The summed E-state index contributed by atoms with van der Waals surface area (Å²) in [5.74, 6) is 0.247. The Bertz CT molecular complexity index is 784. The lowest BCUT2D eigenvalue weighted by molar-refractivity contribution is 0.0908. The first-order valence-electron chi connectivity index (χ1n) is 6.84. The van der Waals surface area contributed by atoms with E-state index in [4.69, 9.17) is 4.42 Å². The van der Waals surface area contributed by atoms with Gasteiger partial charge in [-0.05, 0) is 37.1 Å². The van der Waals surface area contributed by atoms with Crippen molar-refractivity contribution < 1.29 is 9.21 Å². The molecule has 1 aromatic carbocycles. The number of ketones is 1. The number of benzene rings is 1. The van der Waals surface area contributed by atoms with Gasteiger partial charge in [0.1, 0.15) is 5.58 Å². The molecular weight excluding hydrogens is 252 g/mol. The van der Waals surface area contributed by atoms with E-state index in [1.165, 1.54) is 5.69 Å². The van der Waals surface area contributed by atoms with Crippen molar-refractivity contribution in [1.82, 2.24) is 9.97 Å². The van der Waals surface area contributed by atoms with Crippen LogP contribution in [-0.2, 0) is 12.8 Å². The highest BCUT2D eigenvalue weighted by molar-refractivity contribution is 6.00. The SMILES string of the molecule is O=C(c1ccc2occc2c1)C1CCc2[nH]cnc2C1. The molecule has 1 N–H and O–H groups in total. The summed E-state index contributed by atoms with van der Waals surface area (Å²) in [4.78, 5) is 20.1. The van der Waals surface area contributed by atoms with Gasteiger partial charge in [0.25, 0.3) is 0 Å². The summed E-state index contributed by atoms with van der Waals surface area (Å²) < 4.78 is 5.31. The van der Waals surface area contributed by atoms with Gasteiger partial charge in [0.15, 0.2) is 5.78 Å². The molecule has 1 unspecified atom stereocenters. The van der Waals surface area contributed by atoms with Crippen molar-refractivity contribution in [3.05, 3.63) is 53.8 Å². The van der Waals surface area contributed by atoms with E-state index in [9.17, 15) is 4.79 Å². The van der Waals surface area contributed by atoms with E-state index in [-0.39, 0.29) is 11.7 Å². The van der Waals surface area contributed by atoms with Crippen molar-refractivity contribution >= 4 is 16.8 Å². The van der Waals surface area contributed by atoms with Crippen molar-refractivity contribution in [2.24, 2.45) is 5.92 Å². The Morgan fingerprint density at radius 2 is 2.30 bits per heavy atom. The lowest BCUT2D eigenvalue weighted by atomic mass is 9.84. The summed E-state index contributed by atoms with van der Waals surface area (Å²) in [7, 11) is 0. The first-order chi connectivity index (χ1) is 9.81. The maximum atomic E-state index is 12.6. The molecular formula is C16H14N2O2. The van der Waals surface area contributed by atoms with Crippen molar-refractivity contribution in [3.63, 3.8) is 0 Å². The van der Waals surface area contributed by atoms with Gasteiger partial charge in [-0.15, -0.1) is 0 Å². The van der Waals surface area contributed by atoms with Gasteiger partial charge in [0.2, 0.25) is 0 Å². The van der Waals surface area contributed by atoms with E-state index in [1.807, 2.05) is 24.3 Å². The zero-order valence-corrected chi connectivity index (χ0v) is 10.9. The van der Waals surface area contributed by atoms with Crippen LogP contribution in [0.1, 0.15) is 28.2 Å². The van der Waals surface area contributed by atoms with Crippen LogP contribution < -0.4 is 0 Å². The minimum atomic E-state index is 0.0372. The molecule has 0 radical (unpaired) electrons. The number of furan rings is 1. The third-order valence-electron chi connectivity index (χ3n) is 4.10. The Labute approximate surface area is 115 Å². The summed E-state index contributed by atoms with van der Waals surface area (Å²) in [6.07, 6.45) is 5.89. The maximum absolute atomic E-state index is 12.6. The Morgan fingerprint density at radius 1 is 1.35 bits per heavy atom. The Morgan fingerprint density at radius 3 is 3.25 bits per heavy atom. The minimum absolute atomic E-state index is 0.0372. The summed E-state index contributed by atoms with van der Waals surface area (Å²) in [6, 6.07) is 7.53. The number of nitrogens with zero attached hydrogens (tertiary/aromatic N) is 1. The van der Waals surface area contributed by atoms with Gasteiger partial charge >= 0.3 is 0 Å². The Balaban J connectivity index is 1.64. The van der Waals surface area contributed by atoms with Crippen LogP contribution in [0.2, 0.25) is 0 Å². The van der Waals surface area contributed by atoms with Crippen molar-refractivity contribution in [2.45, 2.75) is 19.3 Å². The van der Waals surface area contributed by atoms with E-state index in [1.54, 1.807) is 12.6 Å². The third kappa shape index (κ3) is 1.76. The molecule has 0 saturated carbocycles. The predicted molar refractivity (Wildman–Crippen MR) is 74.6 cm³/mol. The molecule has 100 valence electrons. The Kier molecular flexibility index (Phi) is 2.49. The average Bonchev–Trinajstić information content (AvgIpc) is 3.13. The number of carbonyl (C=O) groups is 1. The monoisotopic (exact) mass is 266 g/mol. The molecule has 1 atom stereocenters. The van der Waals surface area contributed by atoms with Crippen LogP contribution in [-0.4, -0.2) is 15.8 Å².